The fourth-order valence-electron chi connectivity index (χ4n) is 1.45. The molecule has 80 valence electrons. The van der Waals surface area contributed by atoms with E-state index in [4.69, 9.17) is 16.7 Å². The van der Waals surface area contributed by atoms with Crippen LogP contribution in [-0.2, 0) is 4.79 Å². The van der Waals surface area contributed by atoms with Crippen molar-refractivity contribution in [3.05, 3.63) is 47.1 Å². The minimum absolute atomic E-state index is 0.611. The van der Waals surface area contributed by atoms with Gasteiger partial charge in [-0.2, -0.15) is 0 Å². The Kier molecular flexibility index (Phi) is 2.88. The molecule has 0 spiro atoms. The van der Waals surface area contributed by atoms with Gasteiger partial charge in [-0.1, -0.05) is 17.7 Å². The molecule has 0 fully saturated rings. The number of halogens is 1. The first-order valence-corrected chi connectivity index (χ1v) is 5.00. The summed E-state index contributed by atoms with van der Waals surface area (Å²) in [4.78, 5) is 14.6. The van der Waals surface area contributed by atoms with Gasteiger partial charge in [-0.25, -0.2) is 4.79 Å². The predicted molar refractivity (Wildman–Crippen MR) is 63.4 cm³/mol. The zero-order chi connectivity index (χ0) is 11.5. The van der Waals surface area contributed by atoms with E-state index in [0.29, 0.717) is 5.02 Å². The molecule has 16 heavy (non-hydrogen) atoms. The Morgan fingerprint density at radius 1 is 1.38 bits per heavy atom. The Morgan fingerprint density at radius 2 is 2.19 bits per heavy atom. The summed E-state index contributed by atoms with van der Waals surface area (Å²) < 4.78 is 0. The molecule has 0 bridgehead atoms. The minimum atomic E-state index is -0.973. The van der Waals surface area contributed by atoms with E-state index < -0.39 is 5.97 Å². The van der Waals surface area contributed by atoms with Crippen molar-refractivity contribution < 1.29 is 9.90 Å². The van der Waals surface area contributed by atoms with Crippen molar-refractivity contribution in [2.45, 2.75) is 0 Å². The minimum Gasteiger partial charge on any atom is -0.478 e. The van der Waals surface area contributed by atoms with Crippen molar-refractivity contribution in [3.63, 3.8) is 0 Å². The highest BCUT2D eigenvalue weighted by atomic mass is 35.5. The first kappa shape index (κ1) is 10.6. The maximum Gasteiger partial charge on any atom is 0.328 e. The number of nitrogens with zero attached hydrogens (tertiary/aromatic N) is 1. The summed E-state index contributed by atoms with van der Waals surface area (Å²) in [6.45, 7) is 0. The van der Waals surface area contributed by atoms with Crippen molar-refractivity contribution >= 4 is 34.5 Å². The lowest BCUT2D eigenvalue weighted by atomic mass is 10.1. The van der Waals surface area contributed by atoms with Crippen LogP contribution in [0, 0.1) is 0 Å². The third kappa shape index (κ3) is 2.20. The molecule has 2 aromatic rings. The highest BCUT2D eigenvalue weighted by Gasteiger charge is 2.00. The van der Waals surface area contributed by atoms with Crippen LogP contribution < -0.4 is 0 Å². The number of aromatic nitrogens is 1. The van der Waals surface area contributed by atoms with Gasteiger partial charge in [0, 0.05) is 22.7 Å². The molecule has 1 heterocycles. The molecule has 2 rings (SSSR count). The Balaban J connectivity index is 2.58. The standard InChI is InChI=1S/C12H8ClNO2/c13-9-2-3-10-8(1-4-12(15)16)5-6-14-11(10)7-9/h1-7H,(H,15,16). The van der Waals surface area contributed by atoms with Gasteiger partial charge in [0.2, 0.25) is 0 Å². The van der Waals surface area contributed by atoms with Crippen LogP contribution in [0.3, 0.4) is 0 Å². The van der Waals surface area contributed by atoms with E-state index in [2.05, 4.69) is 4.98 Å². The zero-order valence-corrected chi connectivity index (χ0v) is 8.98. The van der Waals surface area contributed by atoms with Crippen LogP contribution in [0.15, 0.2) is 36.5 Å². The maximum absolute atomic E-state index is 10.4. The molecule has 0 aliphatic carbocycles. The fraction of sp³-hybridized carbons (Fsp3) is 0. The fourth-order valence-corrected chi connectivity index (χ4v) is 1.62. The molecular weight excluding hydrogens is 226 g/mol. The van der Waals surface area contributed by atoms with Crippen LogP contribution in [-0.4, -0.2) is 16.1 Å². The highest BCUT2D eigenvalue weighted by Crippen LogP contribution is 2.21. The lowest BCUT2D eigenvalue weighted by Gasteiger charge is -2.01. The molecule has 0 saturated carbocycles. The van der Waals surface area contributed by atoms with E-state index in [1.165, 1.54) is 0 Å². The topological polar surface area (TPSA) is 50.2 Å². The van der Waals surface area contributed by atoms with Gasteiger partial charge in [-0.3, -0.25) is 4.98 Å². The number of carboxylic acids is 1. The molecule has 0 atom stereocenters. The van der Waals surface area contributed by atoms with Crippen molar-refractivity contribution in [2.24, 2.45) is 0 Å². The molecule has 4 heteroatoms. The summed E-state index contributed by atoms with van der Waals surface area (Å²) in [7, 11) is 0. The molecule has 1 aromatic carbocycles. The lowest BCUT2D eigenvalue weighted by Crippen LogP contribution is -1.87. The van der Waals surface area contributed by atoms with Gasteiger partial charge in [0.1, 0.15) is 0 Å². The number of hydrogen-bond acceptors (Lipinski definition) is 2. The van der Waals surface area contributed by atoms with E-state index in [0.717, 1.165) is 22.5 Å². The second-order valence-electron chi connectivity index (χ2n) is 3.23. The molecule has 1 aromatic heterocycles. The quantitative estimate of drug-likeness (QED) is 0.812. The van der Waals surface area contributed by atoms with Crippen molar-refractivity contribution in [1.82, 2.24) is 4.98 Å². The Morgan fingerprint density at radius 3 is 2.94 bits per heavy atom. The van der Waals surface area contributed by atoms with Gasteiger partial charge in [0.05, 0.1) is 5.52 Å². The average Bonchev–Trinajstić information content (AvgIpc) is 2.25. The molecule has 0 amide bonds. The first-order chi connectivity index (χ1) is 7.66. The molecule has 0 aliphatic heterocycles. The van der Waals surface area contributed by atoms with Gasteiger partial charge < -0.3 is 5.11 Å². The van der Waals surface area contributed by atoms with Gasteiger partial charge in [0.15, 0.2) is 0 Å². The van der Waals surface area contributed by atoms with Crippen LogP contribution in [0.2, 0.25) is 5.02 Å². The predicted octanol–water partition coefficient (Wildman–Crippen LogP) is 2.99. The summed E-state index contributed by atoms with van der Waals surface area (Å²) in [6.07, 6.45) is 4.27. The Bertz CT molecular complexity index is 578. The summed E-state index contributed by atoms with van der Waals surface area (Å²) in [5, 5.41) is 10.1. The molecule has 0 radical (unpaired) electrons. The van der Waals surface area contributed by atoms with Gasteiger partial charge in [-0.05, 0) is 29.8 Å². The van der Waals surface area contributed by atoms with Crippen molar-refractivity contribution in [1.29, 1.82) is 0 Å². The van der Waals surface area contributed by atoms with Gasteiger partial charge in [0.25, 0.3) is 0 Å². The average molecular weight is 234 g/mol. The summed E-state index contributed by atoms with van der Waals surface area (Å²) in [6, 6.07) is 7.08. The number of fused-ring (bicyclic) bond motifs is 1. The third-order valence-electron chi connectivity index (χ3n) is 2.14. The molecule has 0 unspecified atom stereocenters. The van der Waals surface area contributed by atoms with E-state index in [9.17, 15) is 4.79 Å². The maximum atomic E-state index is 10.4. The number of aliphatic carboxylic acids is 1. The second kappa shape index (κ2) is 4.33. The zero-order valence-electron chi connectivity index (χ0n) is 8.22. The summed E-state index contributed by atoms with van der Waals surface area (Å²) >= 11 is 5.85. The van der Waals surface area contributed by atoms with Gasteiger partial charge >= 0.3 is 5.97 Å². The second-order valence-corrected chi connectivity index (χ2v) is 3.67. The molecule has 0 aliphatic rings. The van der Waals surface area contributed by atoms with Crippen LogP contribution in [0.5, 0.6) is 0 Å². The third-order valence-corrected chi connectivity index (χ3v) is 2.38. The molecular formula is C12H8ClNO2. The SMILES string of the molecule is O=C(O)C=Cc1ccnc2cc(Cl)ccc12. The lowest BCUT2D eigenvalue weighted by molar-refractivity contribution is -0.131. The summed E-state index contributed by atoms with van der Waals surface area (Å²) in [5.41, 5.74) is 1.56. The number of rotatable bonds is 2. The first-order valence-electron chi connectivity index (χ1n) is 4.62. The number of carboxylic acid groups (broad SMARTS) is 1. The number of hydrogen-bond donors (Lipinski definition) is 1. The normalized spacial score (nSPS) is 11.1. The van der Waals surface area contributed by atoms with Crippen LogP contribution in [0.4, 0.5) is 0 Å². The molecule has 3 nitrogen and oxygen atoms in total. The van der Waals surface area contributed by atoms with Crippen LogP contribution >= 0.6 is 11.6 Å². The van der Waals surface area contributed by atoms with Crippen molar-refractivity contribution in [2.75, 3.05) is 0 Å². The van der Waals surface area contributed by atoms with Crippen LogP contribution in [0.1, 0.15) is 5.56 Å². The number of benzene rings is 1. The highest BCUT2D eigenvalue weighted by molar-refractivity contribution is 6.31. The van der Waals surface area contributed by atoms with E-state index in [1.807, 2.05) is 6.07 Å². The van der Waals surface area contributed by atoms with Crippen LogP contribution in [0.25, 0.3) is 17.0 Å². The van der Waals surface area contributed by atoms with E-state index in [1.54, 1.807) is 30.5 Å². The number of pyridine rings is 1. The van der Waals surface area contributed by atoms with Crippen molar-refractivity contribution in [3.8, 4) is 0 Å². The number of carbonyl (C=O) groups is 1. The summed E-state index contributed by atoms with van der Waals surface area (Å²) in [5.74, 6) is -0.973. The van der Waals surface area contributed by atoms with E-state index >= 15 is 0 Å². The largest absolute Gasteiger partial charge is 0.478 e. The monoisotopic (exact) mass is 233 g/mol. The molecule has 1 N–H and O–H groups in total. The smallest absolute Gasteiger partial charge is 0.328 e. The van der Waals surface area contributed by atoms with E-state index in [-0.39, 0.29) is 0 Å². The van der Waals surface area contributed by atoms with Gasteiger partial charge in [-0.15, -0.1) is 0 Å². The Hall–Kier alpha value is -1.87. The Labute approximate surface area is 97.0 Å². The molecule has 0 saturated heterocycles.